The number of amides is 1. The second kappa shape index (κ2) is 6.12. The van der Waals surface area contributed by atoms with Crippen LogP contribution in [0.4, 0.5) is 0 Å². The van der Waals surface area contributed by atoms with E-state index >= 15 is 0 Å². The lowest BCUT2D eigenvalue weighted by Crippen LogP contribution is -2.23. The molecule has 1 amide bonds. The zero-order valence-electron chi connectivity index (χ0n) is 11.5. The number of hydrogen-bond donors (Lipinski definition) is 1. The zero-order valence-corrected chi connectivity index (χ0v) is 13.8. The lowest BCUT2D eigenvalue weighted by atomic mass is 10.2. The lowest BCUT2D eigenvalue weighted by molar-refractivity contribution is 0.0953. The van der Waals surface area contributed by atoms with E-state index in [0.717, 1.165) is 10.2 Å². The predicted octanol–water partition coefficient (Wildman–Crippen LogP) is 3.79. The Labute approximate surface area is 140 Å². The van der Waals surface area contributed by atoms with E-state index in [4.69, 9.17) is 23.2 Å². The van der Waals surface area contributed by atoms with Gasteiger partial charge < -0.3 is 4.57 Å². The number of aryl methyl sites for hydroxylation is 1. The molecule has 0 atom stereocenters. The summed E-state index contributed by atoms with van der Waals surface area (Å²) in [6.45, 7) is 0. The van der Waals surface area contributed by atoms with E-state index in [0.29, 0.717) is 20.4 Å². The molecule has 3 aromatic rings. The van der Waals surface area contributed by atoms with Crippen LogP contribution in [0.1, 0.15) is 10.4 Å². The van der Waals surface area contributed by atoms with Crippen molar-refractivity contribution >= 4 is 50.7 Å². The van der Waals surface area contributed by atoms with Crippen LogP contribution in [0, 0.1) is 0 Å². The van der Waals surface area contributed by atoms with E-state index in [1.54, 1.807) is 12.1 Å². The normalized spacial score (nSPS) is 11.9. The summed E-state index contributed by atoms with van der Waals surface area (Å²) in [6, 6.07) is 12.7. The number of hydrogen-bond acceptors (Lipinski definition) is 3. The van der Waals surface area contributed by atoms with Gasteiger partial charge in [-0.3, -0.25) is 4.79 Å². The number of para-hydroxylation sites is 1. The molecule has 0 saturated carbocycles. The van der Waals surface area contributed by atoms with Crippen LogP contribution in [0.5, 0.6) is 0 Å². The van der Waals surface area contributed by atoms with Gasteiger partial charge in [0.2, 0.25) is 4.80 Å². The number of carbonyl (C=O) groups excluding carboxylic acids is 1. The van der Waals surface area contributed by atoms with E-state index in [1.165, 1.54) is 17.4 Å². The van der Waals surface area contributed by atoms with Crippen molar-refractivity contribution in [1.29, 1.82) is 0 Å². The number of nitrogens with zero attached hydrogens (tertiary/aromatic N) is 2. The number of fused-ring (bicyclic) bond motifs is 1. The fourth-order valence-corrected chi connectivity index (χ4v) is 3.27. The van der Waals surface area contributed by atoms with Crippen molar-refractivity contribution in [3.8, 4) is 0 Å². The second-order valence-corrected chi connectivity index (χ2v) is 6.42. The summed E-state index contributed by atoms with van der Waals surface area (Å²) in [4.78, 5) is 12.8. The summed E-state index contributed by atoms with van der Waals surface area (Å²) in [5.41, 5.74) is 4.01. The molecular formula is C15H11Cl2N3OS. The molecule has 22 heavy (non-hydrogen) atoms. The fraction of sp³-hybridized carbons (Fsp3) is 0.0667. The highest BCUT2D eigenvalue weighted by atomic mass is 35.5. The minimum Gasteiger partial charge on any atom is -0.318 e. The van der Waals surface area contributed by atoms with Gasteiger partial charge in [-0.25, -0.2) is 5.43 Å². The van der Waals surface area contributed by atoms with Crippen LogP contribution in [0.25, 0.3) is 10.2 Å². The van der Waals surface area contributed by atoms with Crippen LogP contribution in [0.3, 0.4) is 0 Å². The van der Waals surface area contributed by atoms with Crippen LogP contribution in [0.15, 0.2) is 47.6 Å². The van der Waals surface area contributed by atoms with Crippen LogP contribution in [0.2, 0.25) is 10.0 Å². The average molecular weight is 352 g/mol. The van der Waals surface area contributed by atoms with Gasteiger partial charge in [0.1, 0.15) is 0 Å². The molecule has 0 unspecified atom stereocenters. The predicted molar refractivity (Wildman–Crippen MR) is 90.3 cm³/mol. The summed E-state index contributed by atoms with van der Waals surface area (Å²) < 4.78 is 3.03. The van der Waals surface area contributed by atoms with Crippen LogP contribution in [-0.4, -0.2) is 10.5 Å². The first-order valence-corrected chi connectivity index (χ1v) is 7.97. The molecule has 1 aromatic heterocycles. The number of rotatable bonds is 2. The number of nitrogens with one attached hydrogen (secondary N) is 1. The van der Waals surface area contributed by atoms with Crippen molar-refractivity contribution in [1.82, 2.24) is 9.99 Å². The Bertz CT molecular complexity index is 930. The second-order valence-electron chi connectivity index (χ2n) is 4.59. The number of benzene rings is 2. The Kier molecular flexibility index (Phi) is 4.20. The molecule has 4 nitrogen and oxygen atoms in total. The lowest BCUT2D eigenvalue weighted by Gasteiger charge is -2.01. The minimum absolute atomic E-state index is 0.335. The third-order valence-corrected chi connectivity index (χ3v) is 5.00. The van der Waals surface area contributed by atoms with Gasteiger partial charge in [0, 0.05) is 12.6 Å². The minimum atomic E-state index is -0.337. The van der Waals surface area contributed by atoms with E-state index in [1.807, 2.05) is 35.9 Å². The summed E-state index contributed by atoms with van der Waals surface area (Å²) in [5, 5.41) is 4.92. The quantitative estimate of drug-likeness (QED) is 0.701. The molecule has 3 rings (SSSR count). The third-order valence-electron chi connectivity index (χ3n) is 3.15. The third kappa shape index (κ3) is 2.88. The van der Waals surface area contributed by atoms with Crippen LogP contribution >= 0.6 is 34.5 Å². The number of aromatic nitrogens is 1. The monoisotopic (exact) mass is 351 g/mol. The molecular weight excluding hydrogens is 341 g/mol. The molecule has 0 aliphatic rings. The molecule has 0 aliphatic carbocycles. The van der Waals surface area contributed by atoms with Gasteiger partial charge in [0.15, 0.2) is 0 Å². The molecule has 112 valence electrons. The molecule has 1 heterocycles. The van der Waals surface area contributed by atoms with E-state index in [9.17, 15) is 4.79 Å². The maximum absolute atomic E-state index is 12.1. The van der Waals surface area contributed by atoms with Crippen molar-refractivity contribution < 1.29 is 4.79 Å². The van der Waals surface area contributed by atoms with Crippen molar-refractivity contribution in [2.45, 2.75) is 0 Å². The summed E-state index contributed by atoms with van der Waals surface area (Å²) in [5.74, 6) is -0.337. The maximum Gasteiger partial charge on any atom is 0.271 e. The van der Waals surface area contributed by atoms with Gasteiger partial charge in [-0.15, -0.1) is 5.10 Å². The van der Waals surface area contributed by atoms with Gasteiger partial charge in [-0.05, 0) is 30.3 Å². The largest absolute Gasteiger partial charge is 0.318 e. The molecule has 0 aliphatic heterocycles. The zero-order chi connectivity index (χ0) is 15.7. The number of carbonyl (C=O) groups is 1. The van der Waals surface area contributed by atoms with Crippen molar-refractivity contribution in [3.05, 3.63) is 62.9 Å². The van der Waals surface area contributed by atoms with Crippen molar-refractivity contribution in [2.24, 2.45) is 12.1 Å². The molecule has 0 spiro atoms. The van der Waals surface area contributed by atoms with Gasteiger partial charge >= 0.3 is 0 Å². The highest BCUT2D eigenvalue weighted by Crippen LogP contribution is 2.22. The number of halogens is 2. The molecule has 7 heteroatoms. The molecule has 0 saturated heterocycles. The first-order valence-electron chi connectivity index (χ1n) is 6.40. The van der Waals surface area contributed by atoms with Gasteiger partial charge in [0.05, 0.1) is 20.3 Å². The Morgan fingerprint density at radius 1 is 1.18 bits per heavy atom. The molecule has 0 bridgehead atoms. The molecule has 0 fully saturated rings. The fourth-order valence-electron chi connectivity index (χ4n) is 1.99. The summed E-state index contributed by atoms with van der Waals surface area (Å²) >= 11 is 13.2. The van der Waals surface area contributed by atoms with Crippen LogP contribution in [-0.2, 0) is 7.05 Å². The summed E-state index contributed by atoms with van der Waals surface area (Å²) in [7, 11) is 1.91. The van der Waals surface area contributed by atoms with Crippen molar-refractivity contribution in [3.63, 3.8) is 0 Å². The Morgan fingerprint density at radius 3 is 2.68 bits per heavy atom. The number of thiazole rings is 1. The molecule has 1 N–H and O–H groups in total. The first-order chi connectivity index (χ1) is 10.6. The van der Waals surface area contributed by atoms with Gasteiger partial charge in [0.25, 0.3) is 5.91 Å². The SMILES string of the molecule is Cn1/c(=N\NC(=O)c2ccc(Cl)c(Cl)c2)sc2ccccc21. The van der Waals surface area contributed by atoms with E-state index in [2.05, 4.69) is 10.5 Å². The van der Waals surface area contributed by atoms with Gasteiger partial charge in [-0.2, -0.15) is 0 Å². The highest BCUT2D eigenvalue weighted by molar-refractivity contribution is 7.16. The smallest absolute Gasteiger partial charge is 0.271 e. The molecule has 2 aromatic carbocycles. The summed E-state index contributed by atoms with van der Waals surface area (Å²) in [6.07, 6.45) is 0. The average Bonchev–Trinajstić information content (AvgIpc) is 2.84. The van der Waals surface area contributed by atoms with Gasteiger partial charge in [-0.1, -0.05) is 46.7 Å². The van der Waals surface area contributed by atoms with Crippen LogP contribution < -0.4 is 10.2 Å². The Hall–Kier alpha value is -1.82. The highest BCUT2D eigenvalue weighted by Gasteiger charge is 2.08. The Morgan fingerprint density at radius 2 is 1.95 bits per heavy atom. The van der Waals surface area contributed by atoms with Crippen molar-refractivity contribution in [2.75, 3.05) is 0 Å². The topological polar surface area (TPSA) is 46.4 Å². The van der Waals surface area contributed by atoms with E-state index in [-0.39, 0.29) is 5.91 Å². The maximum atomic E-state index is 12.1. The Balaban J connectivity index is 1.90. The first kappa shape index (κ1) is 15.1. The molecule has 0 radical (unpaired) electrons. The van der Waals surface area contributed by atoms with E-state index < -0.39 is 0 Å². The standard InChI is InChI=1S/C15H11Cl2N3OS/c1-20-12-4-2-3-5-13(12)22-15(20)19-18-14(21)9-6-7-10(16)11(17)8-9/h2-8H,1H3,(H,18,21)/b19-15+.